The van der Waals surface area contributed by atoms with E-state index in [9.17, 15) is 8.42 Å². The van der Waals surface area contributed by atoms with Gasteiger partial charge in [-0.3, -0.25) is 0 Å². The lowest BCUT2D eigenvalue weighted by Gasteiger charge is -2.16. The van der Waals surface area contributed by atoms with E-state index in [2.05, 4.69) is 16.6 Å². The number of hydrogen-bond acceptors (Lipinski definition) is 3. The SMILES string of the molecule is O=S(=O)(NCC#CCOc1cccc2ccccc12)c1ccc2c(c1)CCCC2. The van der Waals surface area contributed by atoms with Crippen molar-refractivity contribution in [2.75, 3.05) is 13.2 Å². The van der Waals surface area contributed by atoms with Crippen molar-refractivity contribution in [3.63, 3.8) is 0 Å². The van der Waals surface area contributed by atoms with Crippen molar-refractivity contribution in [1.82, 2.24) is 4.72 Å². The van der Waals surface area contributed by atoms with Crippen LogP contribution in [-0.2, 0) is 22.9 Å². The maximum atomic E-state index is 12.5. The van der Waals surface area contributed by atoms with Gasteiger partial charge in [0.15, 0.2) is 0 Å². The average molecular weight is 406 g/mol. The van der Waals surface area contributed by atoms with E-state index in [0.717, 1.165) is 41.3 Å². The molecule has 0 radical (unpaired) electrons. The van der Waals surface area contributed by atoms with Crippen LogP contribution in [0.1, 0.15) is 24.0 Å². The first-order chi connectivity index (χ1) is 14.1. The third kappa shape index (κ3) is 4.61. The highest BCUT2D eigenvalue weighted by atomic mass is 32.2. The highest BCUT2D eigenvalue weighted by Gasteiger charge is 2.16. The Bertz CT molecular complexity index is 1180. The van der Waals surface area contributed by atoms with Crippen molar-refractivity contribution >= 4 is 20.8 Å². The largest absolute Gasteiger partial charge is 0.480 e. The lowest BCUT2D eigenvalue weighted by Crippen LogP contribution is -2.24. The molecular weight excluding hydrogens is 382 g/mol. The Morgan fingerprint density at radius 3 is 2.59 bits per heavy atom. The van der Waals surface area contributed by atoms with Gasteiger partial charge in [-0.2, -0.15) is 4.72 Å². The van der Waals surface area contributed by atoms with Crippen LogP contribution >= 0.6 is 0 Å². The van der Waals surface area contributed by atoms with Crippen molar-refractivity contribution in [2.24, 2.45) is 0 Å². The van der Waals surface area contributed by atoms with E-state index in [4.69, 9.17) is 4.74 Å². The third-order valence-electron chi connectivity index (χ3n) is 5.16. The van der Waals surface area contributed by atoms with Gasteiger partial charge in [0.05, 0.1) is 11.4 Å². The molecule has 0 spiro atoms. The van der Waals surface area contributed by atoms with Crippen LogP contribution in [0.2, 0.25) is 0 Å². The molecule has 0 saturated carbocycles. The van der Waals surface area contributed by atoms with Crippen LogP contribution < -0.4 is 9.46 Å². The molecule has 5 heteroatoms. The van der Waals surface area contributed by atoms with E-state index in [-0.39, 0.29) is 13.2 Å². The zero-order valence-electron chi connectivity index (χ0n) is 16.1. The molecule has 0 unspecified atom stereocenters. The molecule has 0 aromatic heterocycles. The van der Waals surface area contributed by atoms with Crippen molar-refractivity contribution in [3.8, 4) is 17.6 Å². The van der Waals surface area contributed by atoms with Gasteiger partial charge >= 0.3 is 0 Å². The van der Waals surface area contributed by atoms with E-state index in [1.807, 2.05) is 48.5 Å². The molecule has 29 heavy (non-hydrogen) atoms. The minimum absolute atomic E-state index is 0.0539. The van der Waals surface area contributed by atoms with Gasteiger partial charge < -0.3 is 4.74 Å². The summed E-state index contributed by atoms with van der Waals surface area (Å²) in [7, 11) is -3.56. The quantitative estimate of drug-likeness (QED) is 0.651. The molecule has 0 saturated heterocycles. The van der Waals surface area contributed by atoms with Crippen molar-refractivity contribution < 1.29 is 13.2 Å². The van der Waals surface area contributed by atoms with E-state index >= 15 is 0 Å². The summed E-state index contributed by atoms with van der Waals surface area (Å²) in [5.74, 6) is 6.47. The number of ether oxygens (including phenoxy) is 1. The molecule has 0 bridgehead atoms. The maximum absolute atomic E-state index is 12.5. The van der Waals surface area contributed by atoms with E-state index in [1.54, 1.807) is 12.1 Å². The fourth-order valence-electron chi connectivity index (χ4n) is 3.64. The lowest BCUT2D eigenvalue weighted by atomic mass is 9.92. The number of hydrogen-bond donors (Lipinski definition) is 1. The van der Waals surface area contributed by atoms with Crippen LogP contribution in [0, 0.1) is 11.8 Å². The van der Waals surface area contributed by atoms with Gasteiger partial charge in [0.1, 0.15) is 12.4 Å². The zero-order valence-corrected chi connectivity index (χ0v) is 17.0. The molecule has 1 aliphatic carbocycles. The van der Waals surface area contributed by atoms with E-state index < -0.39 is 10.0 Å². The molecule has 0 aliphatic heterocycles. The second kappa shape index (κ2) is 8.69. The molecule has 0 heterocycles. The van der Waals surface area contributed by atoms with Crippen LogP contribution in [0.5, 0.6) is 5.75 Å². The van der Waals surface area contributed by atoms with Crippen LogP contribution in [0.3, 0.4) is 0 Å². The second-order valence-electron chi connectivity index (χ2n) is 7.08. The molecule has 1 N–H and O–H groups in total. The molecule has 0 fully saturated rings. The number of sulfonamides is 1. The molecular formula is C24H23NO3S. The van der Waals surface area contributed by atoms with Crippen LogP contribution in [-0.4, -0.2) is 21.6 Å². The molecule has 4 rings (SSSR count). The summed E-state index contributed by atoms with van der Waals surface area (Å²) in [6.45, 7) is 0.257. The first-order valence-electron chi connectivity index (χ1n) is 9.81. The maximum Gasteiger partial charge on any atom is 0.241 e. The minimum atomic E-state index is -3.56. The number of aryl methyl sites for hydroxylation is 2. The van der Waals surface area contributed by atoms with Gasteiger partial charge in [0.2, 0.25) is 10.0 Å². The van der Waals surface area contributed by atoms with Gasteiger partial charge in [-0.1, -0.05) is 54.3 Å². The van der Waals surface area contributed by atoms with Crippen LogP contribution in [0.25, 0.3) is 10.8 Å². The smallest absolute Gasteiger partial charge is 0.241 e. The van der Waals surface area contributed by atoms with E-state index in [1.165, 1.54) is 12.0 Å². The summed E-state index contributed by atoms with van der Waals surface area (Å²) >= 11 is 0. The van der Waals surface area contributed by atoms with Gasteiger partial charge in [-0.15, -0.1) is 0 Å². The highest BCUT2D eigenvalue weighted by molar-refractivity contribution is 7.89. The number of benzene rings is 3. The standard InChI is InChI=1S/C24H23NO3S/c26-29(27,22-15-14-19-8-1-2-10-21(19)18-22)25-16-5-6-17-28-24-13-7-11-20-9-3-4-12-23(20)24/h3-4,7,9,11-15,18,25H,1-2,8,10,16-17H2. The summed E-state index contributed by atoms with van der Waals surface area (Å²) in [5.41, 5.74) is 2.41. The van der Waals surface area contributed by atoms with Gasteiger partial charge in [0, 0.05) is 5.39 Å². The second-order valence-corrected chi connectivity index (χ2v) is 8.85. The summed E-state index contributed by atoms with van der Waals surface area (Å²) in [4.78, 5) is 0.312. The fourth-order valence-corrected chi connectivity index (χ4v) is 4.61. The van der Waals surface area contributed by atoms with Crippen molar-refractivity contribution in [1.29, 1.82) is 0 Å². The Hall–Kier alpha value is -2.81. The van der Waals surface area contributed by atoms with Crippen LogP contribution in [0.15, 0.2) is 65.6 Å². The topological polar surface area (TPSA) is 55.4 Å². The summed E-state index contributed by atoms with van der Waals surface area (Å²) in [6, 6.07) is 19.3. The molecule has 4 nitrogen and oxygen atoms in total. The summed E-state index contributed by atoms with van der Waals surface area (Å²) in [6.07, 6.45) is 4.27. The third-order valence-corrected chi connectivity index (χ3v) is 6.55. The number of nitrogens with one attached hydrogen (secondary N) is 1. The first-order valence-corrected chi connectivity index (χ1v) is 11.3. The fraction of sp³-hybridized carbons (Fsp3) is 0.250. The molecule has 1 aliphatic rings. The van der Waals surface area contributed by atoms with Crippen LogP contribution in [0.4, 0.5) is 0 Å². The molecule has 0 atom stereocenters. The monoisotopic (exact) mass is 405 g/mol. The van der Waals surface area contributed by atoms with Crippen molar-refractivity contribution in [2.45, 2.75) is 30.6 Å². The Labute approximate surface area is 172 Å². The predicted molar refractivity (Wildman–Crippen MR) is 115 cm³/mol. The van der Waals surface area contributed by atoms with Gasteiger partial charge in [0.25, 0.3) is 0 Å². The Balaban J connectivity index is 1.34. The molecule has 0 amide bonds. The van der Waals surface area contributed by atoms with Gasteiger partial charge in [-0.25, -0.2) is 8.42 Å². The lowest BCUT2D eigenvalue weighted by molar-refractivity contribution is 0.374. The predicted octanol–water partition coefficient (Wildman–Crippen LogP) is 4.08. The zero-order chi connectivity index (χ0) is 20.1. The average Bonchev–Trinajstić information content (AvgIpc) is 2.76. The molecule has 3 aromatic rings. The van der Waals surface area contributed by atoms with E-state index in [0.29, 0.717) is 4.90 Å². The Morgan fingerprint density at radius 1 is 0.897 bits per heavy atom. The number of fused-ring (bicyclic) bond motifs is 2. The van der Waals surface area contributed by atoms with Crippen molar-refractivity contribution in [3.05, 3.63) is 71.8 Å². The Kier molecular flexibility index (Phi) is 5.84. The molecule has 148 valence electrons. The highest BCUT2D eigenvalue weighted by Crippen LogP contribution is 2.25. The minimum Gasteiger partial charge on any atom is -0.480 e. The first kappa shape index (κ1) is 19.5. The summed E-state index contributed by atoms with van der Waals surface area (Å²) in [5, 5.41) is 2.14. The van der Waals surface area contributed by atoms with Gasteiger partial charge in [-0.05, 0) is 60.4 Å². The number of rotatable bonds is 5. The summed E-state index contributed by atoms with van der Waals surface area (Å²) < 4.78 is 33.3. The Morgan fingerprint density at radius 2 is 1.69 bits per heavy atom. The molecule has 3 aromatic carbocycles. The normalized spacial score (nSPS) is 13.4.